The number of hydrogen-bond acceptors (Lipinski definition) is 8. The highest BCUT2D eigenvalue weighted by atomic mass is 19.1. The number of pyridine rings is 1. The molecule has 3 N–H and O–H groups in total. The number of aliphatic hydroxyl groups is 2. The number of benzene rings is 1. The first kappa shape index (κ1) is 25.9. The van der Waals surface area contributed by atoms with Crippen molar-refractivity contribution < 1.29 is 24.1 Å². The van der Waals surface area contributed by atoms with Crippen molar-refractivity contribution in [2.24, 2.45) is 0 Å². The summed E-state index contributed by atoms with van der Waals surface area (Å²) in [5.41, 5.74) is 2.54. The van der Waals surface area contributed by atoms with Crippen LogP contribution >= 0.6 is 0 Å². The molecule has 0 unspecified atom stereocenters. The van der Waals surface area contributed by atoms with Crippen molar-refractivity contribution in [2.45, 2.75) is 57.4 Å². The van der Waals surface area contributed by atoms with Gasteiger partial charge in [-0.1, -0.05) is 6.07 Å². The van der Waals surface area contributed by atoms with Gasteiger partial charge in [-0.05, 0) is 44.7 Å². The Morgan fingerprint density at radius 2 is 1.97 bits per heavy atom. The van der Waals surface area contributed by atoms with Crippen LogP contribution in [0.3, 0.4) is 0 Å². The molecule has 4 aromatic rings. The highest BCUT2D eigenvalue weighted by molar-refractivity contribution is 5.93. The van der Waals surface area contributed by atoms with Gasteiger partial charge in [0.2, 0.25) is 5.82 Å². The van der Waals surface area contributed by atoms with E-state index in [0.29, 0.717) is 0 Å². The summed E-state index contributed by atoms with van der Waals surface area (Å²) in [6.07, 6.45) is 7.56. The lowest BCUT2D eigenvalue weighted by atomic mass is 9.93. The highest BCUT2D eigenvalue weighted by Gasteiger charge is 2.28. The summed E-state index contributed by atoms with van der Waals surface area (Å²) in [5, 5.41) is 32.5. The molecule has 3 heterocycles. The Bertz CT molecular complexity index is 1380. The maximum atomic E-state index is 14.6. The summed E-state index contributed by atoms with van der Waals surface area (Å²) in [4.78, 5) is 4.56. The van der Waals surface area contributed by atoms with Crippen LogP contribution in [-0.4, -0.2) is 67.2 Å². The summed E-state index contributed by atoms with van der Waals surface area (Å²) in [7, 11) is 1.44. The SMILES string of the molecule is CCNc1cc2c(cn1)c(-c1cnn(C[C@@H](O)CO)c1)nn2C1CCC(Oc2cccc(OC)c2F)CC1. The third kappa shape index (κ3) is 5.30. The highest BCUT2D eigenvalue weighted by Crippen LogP contribution is 2.37. The minimum absolute atomic E-state index is 0.0932. The second-order valence-electron chi connectivity index (χ2n) is 9.52. The molecule has 1 fully saturated rings. The molecule has 11 heteroatoms. The van der Waals surface area contributed by atoms with Gasteiger partial charge in [-0.2, -0.15) is 14.6 Å². The fourth-order valence-electron chi connectivity index (χ4n) is 4.99. The first-order valence-electron chi connectivity index (χ1n) is 12.9. The number of hydrogen-bond donors (Lipinski definition) is 3. The lowest BCUT2D eigenvalue weighted by molar-refractivity contribution is 0.0783. The van der Waals surface area contributed by atoms with Gasteiger partial charge >= 0.3 is 0 Å². The number of methoxy groups -OCH3 is 1. The summed E-state index contributed by atoms with van der Waals surface area (Å²) >= 11 is 0. The third-order valence-corrected chi connectivity index (χ3v) is 6.90. The van der Waals surface area contributed by atoms with Crippen molar-refractivity contribution in [2.75, 3.05) is 25.6 Å². The Labute approximate surface area is 220 Å². The molecule has 1 saturated carbocycles. The predicted octanol–water partition coefficient (Wildman–Crippen LogP) is 3.79. The molecule has 3 aromatic heterocycles. The number of fused-ring (bicyclic) bond motifs is 1. The normalized spacial score (nSPS) is 18.4. The molecule has 1 atom stereocenters. The van der Waals surface area contributed by atoms with Gasteiger partial charge in [0.25, 0.3) is 0 Å². The molecule has 1 aromatic carbocycles. The average molecular weight is 525 g/mol. The number of ether oxygens (including phenoxy) is 2. The van der Waals surface area contributed by atoms with Crippen molar-refractivity contribution >= 4 is 16.7 Å². The van der Waals surface area contributed by atoms with E-state index in [4.69, 9.17) is 19.7 Å². The van der Waals surface area contributed by atoms with Crippen molar-refractivity contribution in [3.8, 4) is 22.8 Å². The van der Waals surface area contributed by atoms with Gasteiger partial charge in [-0.15, -0.1) is 0 Å². The second-order valence-corrected chi connectivity index (χ2v) is 9.52. The summed E-state index contributed by atoms with van der Waals surface area (Å²) in [5.74, 6) is 0.686. The van der Waals surface area contributed by atoms with Crippen LogP contribution in [-0.2, 0) is 6.54 Å². The molecule has 5 rings (SSSR count). The fourth-order valence-corrected chi connectivity index (χ4v) is 4.99. The zero-order valence-corrected chi connectivity index (χ0v) is 21.5. The van der Waals surface area contributed by atoms with E-state index in [-0.39, 0.29) is 36.8 Å². The van der Waals surface area contributed by atoms with Crippen LogP contribution in [0.25, 0.3) is 22.2 Å². The van der Waals surface area contributed by atoms with Crippen LogP contribution in [0, 0.1) is 5.82 Å². The van der Waals surface area contributed by atoms with Gasteiger partial charge in [0.05, 0.1) is 50.2 Å². The molecular weight excluding hydrogens is 491 g/mol. The van der Waals surface area contributed by atoms with Crippen molar-refractivity contribution in [1.29, 1.82) is 0 Å². The van der Waals surface area contributed by atoms with Crippen molar-refractivity contribution in [3.05, 3.63) is 48.7 Å². The van der Waals surface area contributed by atoms with Gasteiger partial charge in [0, 0.05) is 36.0 Å². The van der Waals surface area contributed by atoms with E-state index in [1.54, 1.807) is 29.1 Å². The maximum Gasteiger partial charge on any atom is 0.206 e. The Kier molecular flexibility index (Phi) is 7.75. The van der Waals surface area contributed by atoms with Gasteiger partial charge in [-0.3, -0.25) is 9.36 Å². The molecule has 38 heavy (non-hydrogen) atoms. The topological polar surface area (TPSA) is 119 Å². The van der Waals surface area contributed by atoms with Crippen LogP contribution in [0.15, 0.2) is 42.9 Å². The quantitative estimate of drug-likeness (QED) is 0.287. The molecule has 0 amide bonds. The van der Waals surface area contributed by atoms with Crippen molar-refractivity contribution in [1.82, 2.24) is 24.5 Å². The predicted molar refractivity (Wildman–Crippen MR) is 141 cm³/mol. The smallest absolute Gasteiger partial charge is 0.206 e. The number of rotatable bonds is 10. The minimum atomic E-state index is -0.885. The van der Waals surface area contributed by atoms with E-state index in [9.17, 15) is 9.50 Å². The van der Waals surface area contributed by atoms with E-state index in [1.165, 1.54) is 7.11 Å². The van der Waals surface area contributed by atoms with Crippen LogP contribution in [0.4, 0.5) is 10.2 Å². The molecule has 0 bridgehead atoms. The summed E-state index contributed by atoms with van der Waals surface area (Å²) in [6, 6.07) is 7.09. The molecule has 202 valence electrons. The van der Waals surface area contributed by atoms with E-state index in [0.717, 1.165) is 60.2 Å². The number of nitrogens with one attached hydrogen (secondary N) is 1. The Morgan fingerprint density at radius 1 is 1.18 bits per heavy atom. The maximum absolute atomic E-state index is 14.6. The average Bonchev–Trinajstić information content (AvgIpc) is 3.55. The van der Waals surface area contributed by atoms with Crippen LogP contribution in [0.2, 0.25) is 0 Å². The largest absolute Gasteiger partial charge is 0.494 e. The minimum Gasteiger partial charge on any atom is -0.494 e. The molecule has 0 spiro atoms. The monoisotopic (exact) mass is 524 g/mol. The molecule has 10 nitrogen and oxygen atoms in total. The van der Waals surface area contributed by atoms with Gasteiger partial charge in [0.1, 0.15) is 11.5 Å². The van der Waals surface area contributed by atoms with Crippen LogP contribution < -0.4 is 14.8 Å². The van der Waals surface area contributed by atoms with Gasteiger partial charge in [0.15, 0.2) is 11.5 Å². The standard InChI is InChI=1S/C27H33FN6O4/c1-3-29-25-11-22-21(13-30-25)27(17-12-31-33(14-17)15-19(36)16-35)32-34(22)18-7-9-20(10-8-18)38-24-6-4-5-23(37-2)26(24)28/h4-6,11-14,18-20,35-36H,3,7-10,15-16H2,1-2H3,(H,29,30)/t18?,19-,20?/m1/s1. The molecular formula is C27H33FN6O4. The molecule has 0 saturated heterocycles. The van der Waals surface area contributed by atoms with E-state index >= 15 is 0 Å². The second kappa shape index (κ2) is 11.4. The number of nitrogens with zero attached hydrogens (tertiary/aromatic N) is 5. The lowest BCUT2D eigenvalue weighted by Crippen LogP contribution is -2.26. The van der Waals surface area contributed by atoms with Crippen LogP contribution in [0.5, 0.6) is 11.5 Å². The Balaban J connectivity index is 1.39. The number of aliphatic hydroxyl groups excluding tert-OH is 2. The molecule has 1 aliphatic rings. The lowest BCUT2D eigenvalue weighted by Gasteiger charge is -2.29. The fraction of sp³-hybridized carbons (Fsp3) is 0.444. The first-order chi connectivity index (χ1) is 18.5. The number of halogens is 1. The van der Waals surface area contributed by atoms with Gasteiger partial charge < -0.3 is 25.0 Å². The van der Waals surface area contributed by atoms with Gasteiger partial charge in [-0.25, -0.2) is 4.98 Å². The summed E-state index contributed by atoms with van der Waals surface area (Å²) < 4.78 is 29.3. The van der Waals surface area contributed by atoms with Crippen LogP contribution in [0.1, 0.15) is 38.6 Å². The molecule has 1 aliphatic carbocycles. The van der Waals surface area contributed by atoms with E-state index < -0.39 is 11.9 Å². The first-order valence-corrected chi connectivity index (χ1v) is 12.9. The Hall–Kier alpha value is -3.70. The van der Waals surface area contributed by atoms with Crippen molar-refractivity contribution in [3.63, 3.8) is 0 Å². The zero-order valence-electron chi connectivity index (χ0n) is 21.5. The molecule has 0 aliphatic heterocycles. The summed E-state index contributed by atoms with van der Waals surface area (Å²) in [6.45, 7) is 2.63. The molecule has 0 radical (unpaired) electrons. The number of aromatic nitrogens is 5. The Morgan fingerprint density at radius 3 is 2.71 bits per heavy atom. The van der Waals surface area contributed by atoms with E-state index in [1.807, 2.05) is 25.4 Å². The van der Waals surface area contributed by atoms with E-state index in [2.05, 4.69) is 20.1 Å². The number of anilines is 1. The third-order valence-electron chi connectivity index (χ3n) is 6.90. The zero-order chi connectivity index (χ0) is 26.6.